The highest BCUT2D eigenvalue weighted by Gasteiger charge is 2.61. The molecule has 0 saturated heterocycles. The first kappa shape index (κ1) is 31.1. The topological polar surface area (TPSA) is 104 Å². The van der Waals surface area contributed by atoms with Crippen LogP contribution in [-0.4, -0.2) is 67.9 Å². The Morgan fingerprint density at radius 3 is 2.52 bits per heavy atom. The Kier molecular flexibility index (Phi) is 8.40. The highest BCUT2D eigenvalue weighted by atomic mass is 28.4. The molecule has 42 heavy (non-hydrogen) atoms. The van der Waals surface area contributed by atoms with Crippen LogP contribution in [0.15, 0.2) is 12.4 Å². The molecular formula is C30H50N6O4Si2. The fourth-order valence-electron chi connectivity index (χ4n) is 5.76. The van der Waals surface area contributed by atoms with E-state index in [2.05, 4.69) is 68.9 Å². The summed E-state index contributed by atoms with van der Waals surface area (Å²) in [5.74, 6) is 1.79. The number of fused-ring (bicyclic) bond motifs is 2. The SMILES string of the molecule is COc1nn(COCC[Si](C)(C)C)cc1Nc1ncc2c(n1)N([C@@H]1CCC[C@@H](O[Si](C)(C)C(C)(C)C)C1)C(=O)C21CC1. The van der Waals surface area contributed by atoms with Gasteiger partial charge in [0.1, 0.15) is 18.2 Å². The van der Waals surface area contributed by atoms with Gasteiger partial charge in [-0.15, -0.1) is 5.10 Å². The molecule has 2 saturated carbocycles. The number of hydrogen-bond acceptors (Lipinski definition) is 8. The third-order valence-electron chi connectivity index (χ3n) is 9.51. The Labute approximate surface area is 253 Å². The van der Waals surface area contributed by atoms with Gasteiger partial charge in [-0.1, -0.05) is 40.4 Å². The highest BCUT2D eigenvalue weighted by molar-refractivity contribution is 6.76. The van der Waals surface area contributed by atoms with Gasteiger partial charge in [0, 0.05) is 38.6 Å². The molecule has 0 bridgehead atoms. The molecule has 0 unspecified atom stereocenters. The summed E-state index contributed by atoms with van der Waals surface area (Å²) < 4.78 is 19.9. The zero-order valence-electron chi connectivity index (χ0n) is 27.0. The molecule has 3 aliphatic rings. The lowest BCUT2D eigenvalue weighted by Gasteiger charge is -2.43. The second kappa shape index (κ2) is 11.3. The number of aromatic nitrogens is 4. The van der Waals surface area contributed by atoms with Crippen molar-refractivity contribution in [2.45, 2.75) is 127 Å². The van der Waals surface area contributed by atoms with E-state index in [1.807, 2.05) is 17.3 Å². The van der Waals surface area contributed by atoms with E-state index in [1.54, 1.807) is 11.8 Å². The molecule has 1 amide bonds. The van der Waals surface area contributed by atoms with Gasteiger partial charge in [0.15, 0.2) is 8.32 Å². The smallest absolute Gasteiger partial charge is 0.256 e. The minimum absolute atomic E-state index is 0.0769. The Bertz CT molecular complexity index is 1300. The summed E-state index contributed by atoms with van der Waals surface area (Å²) >= 11 is 0. The van der Waals surface area contributed by atoms with Crippen LogP contribution in [0, 0.1) is 0 Å². The number of nitrogens with zero attached hydrogens (tertiary/aromatic N) is 5. The molecule has 10 nitrogen and oxygen atoms in total. The summed E-state index contributed by atoms with van der Waals surface area (Å²) in [6.07, 6.45) is 9.48. The molecule has 0 radical (unpaired) electrons. The Hall–Kier alpha value is -2.29. The zero-order valence-corrected chi connectivity index (χ0v) is 29.0. The average Bonchev–Trinajstić information content (AvgIpc) is 3.55. The van der Waals surface area contributed by atoms with Crippen LogP contribution in [-0.2, 0) is 26.1 Å². The van der Waals surface area contributed by atoms with Gasteiger partial charge in [0.2, 0.25) is 11.9 Å². The first-order valence-electron chi connectivity index (χ1n) is 15.5. The number of rotatable bonds is 11. The summed E-state index contributed by atoms with van der Waals surface area (Å²) in [7, 11) is -1.48. The van der Waals surface area contributed by atoms with Crippen LogP contribution < -0.4 is 15.0 Å². The normalized spacial score (nSPS) is 22.0. The first-order chi connectivity index (χ1) is 19.6. The Balaban J connectivity index is 1.33. The molecular weight excluding hydrogens is 565 g/mol. The van der Waals surface area contributed by atoms with E-state index in [0.29, 0.717) is 30.9 Å². The van der Waals surface area contributed by atoms with Crippen LogP contribution >= 0.6 is 0 Å². The van der Waals surface area contributed by atoms with Gasteiger partial charge in [0.05, 0.1) is 18.7 Å². The predicted octanol–water partition coefficient (Wildman–Crippen LogP) is 6.45. The minimum atomic E-state index is -1.91. The third kappa shape index (κ3) is 6.32. The van der Waals surface area contributed by atoms with Gasteiger partial charge in [-0.25, -0.2) is 9.67 Å². The molecule has 12 heteroatoms. The standard InChI is InChI=1S/C30H50N6O4Si2/c1-29(2,3)42(8,9)40-22-12-10-11-21(17-22)36-25-23(30(13-14-30)27(36)37)18-31-28(33-25)32-24-19-35(34-26(24)38-4)20-39-15-16-41(5,6)7/h18-19,21-22H,10-17,20H2,1-9H3,(H,31,32,33)/t21-,22-/m1/s1. The predicted molar refractivity (Wildman–Crippen MR) is 171 cm³/mol. The quantitative estimate of drug-likeness (QED) is 0.228. The summed E-state index contributed by atoms with van der Waals surface area (Å²) in [6.45, 7) is 19.5. The highest BCUT2D eigenvalue weighted by Crippen LogP contribution is 2.58. The lowest BCUT2D eigenvalue weighted by Crippen LogP contribution is -2.49. The molecule has 1 aliphatic heterocycles. The molecule has 232 valence electrons. The number of nitrogens with one attached hydrogen (secondary N) is 1. The van der Waals surface area contributed by atoms with Crippen molar-refractivity contribution in [1.29, 1.82) is 0 Å². The monoisotopic (exact) mass is 614 g/mol. The largest absolute Gasteiger partial charge is 0.478 e. The van der Waals surface area contributed by atoms with Gasteiger partial charge < -0.3 is 19.2 Å². The van der Waals surface area contributed by atoms with Gasteiger partial charge in [-0.3, -0.25) is 9.69 Å². The Morgan fingerprint density at radius 2 is 1.88 bits per heavy atom. The Morgan fingerprint density at radius 1 is 1.14 bits per heavy atom. The number of carbonyl (C=O) groups is 1. The van der Waals surface area contributed by atoms with E-state index >= 15 is 0 Å². The molecule has 2 fully saturated rings. The molecule has 2 atom stereocenters. The molecule has 5 rings (SSSR count). The molecule has 2 aromatic rings. The summed E-state index contributed by atoms with van der Waals surface area (Å²) in [5, 5.41) is 7.95. The average molecular weight is 615 g/mol. The van der Waals surface area contributed by atoms with Gasteiger partial charge in [-0.2, -0.15) is 4.98 Å². The van der Waals surface area contributed by atoms with E-state index in [-0.39, 0.29) is 23.1 Å². The van der Waals surface area contributed by atoms with E-state index < -0.39 is 21.8 Å². The van der Waals surface area contributed by atoms with E-state index in [4.69, 9.17) is 18.9 Å². The fourth-order valence-corrected chi connectivity index (χ4v) is 7.92. The van der Waals surface area contributed by atoms with Crippen LogP contribution in [0.4, 0.5) is 17.5 Å². The molecule has 1 N–H and O–H groups in total. The second-order valence-corrected chi connectivity index (χ2v) is 25.5. The van der Waals surface area contributed by atoms with Crippen LogP contribution in [0.2, 0.25) is 43.8 Å². The van der Waals surface area contributed by atoms with Crippen molar-refractivity contribution < 1.29 is 18.7 Å². The summed E-state index contributed by atoms with van der Waals surface area (Å²) in [4.78, 5) is 25.5. The van der Waals surface area contributed by atoms with Crippen LogP contribution in [0.5, 0.6) is 5.88 Å². The summed E-state index contributed by atoms with van der Waals surface area (Å²) in [6, 6.07) is 1.17. The first-order valence-corrected chi connectivity index (χ1v) is 22.1. The lowest BCUT2D eigenvalue weighted by molar-refractivity contribution is -0.120. The van der Waals surface area contributed by atoms with Gasteiger partial charge in [0.25, 0.3) is 5.88 Å². The minimum Gasteiger partial charge on any atom is -0.478 e. The molecule has 2 aromatic heterocycles. The summed E-state index contributed by atoms with van der Waals surface area (Å²) in [5.41, 5.74) is 1.17. The fraction of sp³-hybridized carbons (Fsp3) is 0.733. The second-order valence-electron chi connectivity index (χ2n) is 15.1. The maximum Gasteiger partial charge on any atom is 0.256 e. The lowest BCUT2D eigenvalue weighted by atomic mass is 9.92. The maximum absolute atomic E-state index is 13.9. The van der Waals surface area contributed by atoms with Crippen molar-refractivity contribution in [2.75, 3.05) is 23.9 Å². The van der Waals surface area contributed by atoms with Crippen LogP contribution in [0.3, 0.4) is 0 Å². The number of carbonyl (C=O) groups excluding carboxylic acids is 1. The zero-order chi connectivity index (χ0) is 30.5. The van der Waals surface area contributed by atoms with Crippen molar-refractivity contribution in [1.82, 2.24) is 19.7 Å². The van der Waals surface area contributed by atoms with Gasteiger partial charge in [-0.05, 0) is 62.7 Å². The molecule has 3 heterocycles. The number of methoxy groups -OCH3 is 1. The van der Waals surface area contributed by atoms with Gasteiger partial charge >= 0.3 is 0 Å². The van der Waals surface area contributed by atoms with E-state index in [0.717, 1.165) is 56.0 Å². The number of amides is 1. The van der Waals surface area contributed by atoms with Crippen LogP contribution in [0.1, 0.15) is 64.9 Å². The van der Waals surface area contributed by atoms with Crippen molar-refractivity contribution in [3.05, 3.63) is 18.0 Å². The van der Waals surface area contributed by atoms with Crippen molar-refractivity contribution in [3.8, 4) is 5.88 Å². The third-order valence-corrected chi connectivity index (χ3v) is 15.7. The van der Waals surface area contributed by atoms with Crippen molar-refractivity contribution in [2.24, 2.45) is 0 Å². The molecule has 2 aliphatic carbocycles. The number of ether oxygens (including phenoxy) is 2. The van der Waals surface area contributed by atoms with Crippen molar-refractivity contribution >= 4 is 39.8 Å². The van der Waals surface area contributed by atoms with E-state index in [1.165, 1.54) is 0 Å². The van der Waals surface area contributed by atoms with E-state index in [9.17, 15) is 4.79 Å². The van der Waals surface area contributed by atoms with Crippen molar-refractivity contribution in [3.63, 3.8) is 0 Å². The molecule has 0 aromatic carbocycles. The maximum atomic E-state index is 13.9. The van der Waals surface area contributed by atoms with Crippen LogP contribution in [0.25, 0.3) is 0 Å². The number of hydrogen-bond donors (Lipinski definition) is 1. The molecule has 1 spiro atoms. The number of anilines is 3.